The highest BCUT2D eigenvalue weighted by Crippen LogP contribution is 2.44. The number of nitrogens with two attached hydrogens (primary N) is 1. The standard InChI is InChI=1S/C30H40N4O7/c1-18(2)15-24(31)27(36)33-25(28(37)34-26(16-35)29(38)39)13-7-8-14-32-30(40)41-17-23-21-11-5-3-9-19(21)20-10-4-6-12-22(20)23/h3-6,9-12,18,23-26,35H,7-8,13-17,31H2,1-2H3,(H,32,40)(H,33,36)(H,34,37)(H,38,39). The third-order valence-corrected chi connectivity index (χ3v) is 7.02. The number of amides is 3. The van der Waals surface area contributed by atoms with E-state index in [0.717, 1.165) is 22.3 Å². The second-order valence-corrected chi connectivity index (χ2v) is 10.6. The van der Waals surface area contributed by atoms with Crippen LogP contribution in [0.5, 0.6) is 0 Å². The highest BCUT2D eigenvalue weighted by atomic mass is 16.5. The fraction of sp³-hybridized carbons (Fsp3) is 0.467. The minimum Gasteiger partial charge on any atom is -0.480 e. The number of carboxylic acid groups (broad SMARTS) is 1. The molecule has 3 amide bonds. The zero-order valence-corrected chi connectivity index (χ0v) is 23.5. The number of alkyl carbamates (subject to hydrolysis) is 1. The van der Waals surface area contributed by atoms with Crippen molar-refractivity contribution < 1.29 is 34.1 Å². The van der Waals surface area contributed by atoms with Crippen molar-refractivity contribution in [1.82, 2.24) is 16.0 Å². The number of carboxylic acids is 1. The summed E-state index contributed by atoms with van der Waals surface area (Å²) in [5.74, 6) is -2.54. The molecular formula is C30H40N4O7. The molecule has 0 fully saturated rings. The summed E-state index contributed by atoms with van der Waals surface area (Å²) in [6.45, 7) is 3.51. The van der Waals surface area contributed by atoms with Gasteiger partial charge < -0.3 is 36.6 Å². The second kappa shape index (κ2) is 15.2. The SMILES string of the molecule is CC(C)CC(N)C(=O)NC(CCCCNC(=O)OCC1c2ccccc2-c2ccccc21)C(=O)NC(CO)C(=O)O. The number of benzene rings is 2. The van der Waals surface area contributed by atoms with Gasteiger partial charge in [0.25, 0.3) is 0 Å². The van der Waals surface area contributed by atoms with Gasteiger partial charge in [0.05, 0.1) is 12.6 Å². The van der Waals surface area contributed by atoms with Crippen LogP contribution in [0.1, 0.15) is 56.6 Å². The molecule has 3 rings (SSSR count). The van der Waals surface area contributed by atoms with Gasteiger partial charge in [-0.1, -0.05) is 62.4 Å². The first kappa shape index (κ1) is 31.6. The van der Waals surface area contributed by atoms with Gasteiger partial charge in [0.15, 0.2) is 0 Å². The fourth-order valence-electron chi connectivity index (χ4n) is 4.93. The van der Waals surface area contributed by atoms with E-state index in [2.05, 4.69) is 28.1 Å². The van der Waals surface area contributed by atoms with Crippen molar-refractivity contribution in [2.24, 2.45) is 11.7 Å². The molecule has 7 N–H and O–H groups in total. The number of hydrogen-bond acceptors (Lipinski definition) is 7. The van der Waals surface area contributed by atoms with Crippen molar-refractivity contribution in [2.45, 2.75) is 63.6 Å². The van der Waals surface area contributed by atoms with Gasteiger partial charge in [-0.25, -0.2) is 9.59 Å². The molecule has 0 spiro atoms. The van der Waals surface area contributed by atoms with Gasteiger partial charge in [0.2, 0.25) is 11.8 Å². The Morgan fingerprint density at radius 2 is 1.49 bits per heavy atom. The topological polar surface area (TPSA) is 180 Å². The first-order valence-corrected chi connectivity index (χ1v) is 13.9. The molecule has 3 unspecified atom stereocenters. The molecule has 11 nitrogen and oxygen atoms in total. The molecule has 1 aliphatic rings. The number of carbonyl (C=O) groups excluding carboxylic acids is 3. The molecule has 0 aliphatic heterocycles. The minimum absolute atomic E-state index is 0.0494. The third-order valence-electron chi connectivity index (χ3n) is 7.02. The molecule has 2 aromatic carbocycles. The van der Waals surface area contributed by atoms with Crippen LogP contribution in [0.3, 0.4) is 0 Å². The van der Waals surface area contributed by atoms with Crippen LogP contribution in [0, 0.1) is 5.92 Å². The highest BCUT2D eigenvalue weighted by Gasteiger charge is 2.30. The number of fused-ring (bicyclic) bond motifs is 3. The second-order valence-electron chi connectivity index (χ2n) is 10.6. The molecule has 0 heterocycles. The molecule has 41 heavy (non-hydrogen) atoms. The lowest BCUT2D eigenvalue weighted by atomic mass is 9.98. The number of rotatable bonds is 15. The molecule has 0 radical (unpaired) electrons. The van der Waals surface area contributed by atoms with Gasteiger partial charge in [-0.2, -0.15) is 0 Å². The number of ether oxygens (including phenoxy) is 1. The predicted molar refractivity (Wildman–Crippen MR) is 153 cm³/mol. The van der Waals surface area contributed by atoms with E-state index in [9.17, 15) is 24.3 Å². The van der Waals surface area contributed by atoms with E-state index in [4.69, 9.17) is 15.6 Å². The summed E-state index contributed by atoms with van der Waals surface area (Å²) in [4.78, 5) is 48.9. The number of unbranched alkanes of at least 4 members (excludes halogenated alkanes) is 1. The summed E-state index contributed by atoms with van der Waals surface area (Å²) in [5.41, 5.74) is 10.5. The molecule has 1 aliphatic carbocycles. The Morgan fingerprint density at radius 1 is 0.902 bits per heavy atom. The van der Waals surface area contributed by atoms with Gasteiger partial charge in [-0.15, -0.1) is 0 Å². The van der Waals surface area contributed by atoms with Crippen LogP contribution < -0.4 is 21.7 Å². The Balaban J connectivity index is 1.48. The normalized spacial score (nSPS) is 14.4. The van der Waals surface area contributed by atoms with E-state index in [1.165, 1.54) is 0 Å². The Kier molecular flexibility index (Phi) is 11.7. The molecule has 0 saturated heterocycles. The number of aliphatic carboxylic acids is 1. The summed E-state index contributed by atoms with van der Waals surface area (Å²) in [6.07, 6.45) is 0.943. The zero-order valence-electron chi connectivity index (χ0n) is 23.5. The number of hydrogen-bond donors (Lipinski definition) is 6. The van der Waals surface area contributed by atoms with Crippen molar-refractivity contribution in [3.8, 4) is 11.1 Å². The van der Waals surface area contributed by atoms with Crippen LogP contribution in [0.15, 0.2) is 48.5 Å². The fourth-order valence-corrected chi connectivity index (χ4v) is 4.93. The number of aliphatic hydroxyl groups excluding tert-OH is 1. The maximum absolute atomic E-state index is 12.7. The average molecular weight is 569 g/mol. The van der Waals surface area contributed by atoms with E-state index >= 15 is 0 Å². The molecular weight excluding hydrogens is 528 g/mol. The smallest absolute Gasteiger partial charge is 0.407 e. The van der Waals surface area contributed by atoms with Gasteiger partial charge >= 0.3 is 12.1 Å². The van der Waals surface area contributed by atoms with Crippen molar-refractivity contribution in [3.05, 3.63) is 59.7 Å². The summed E-state index contributed by atoms with van der Waals surface area (Å²) >= 11 is 0. The first-order valence-electron chi connectivity index (χ1n) is 13.9. The maximum atomic E-state index is 12.7. The monoisotopic (exact) mass is 568 g/mol. The lowest BCUT2D eigenvalue weighted by molar-refractivity contribution is -0.143. The average Bonchev–Trinajstić information content (AvgIpc) is 3.26. The number of nitrogens with one attached hydrogen (secondary N) is 3. The van der Waals surface area contributed by atoms with Crippen LogP contribution in [0.2, 0.25) is 0 Å². The number of aliphatic hydroxyl groups is 1. The highest BCUT2D eigenvalue weighted by molar-refractivity contribution is 5.91. The molecule has 222 valence electrons. The van der Waals surface area contributed by atoms with E-state index in [1.54, 1.807) is 0 Å². The predicted octanol–water partition coefficient (Wildman–Crippen LogP) is 2.12. The molecule has 0 bridgehead atoms. The third kappa shape index (κ3) is 8.76. The lowest BCUT2D eigenvalue weighted by Crippen LogP contribution is -2.55. The van der Waals surface area contributed by atoms with Gasteiger partial charge in [-0.3, -0.25) is 9.59 Å². The van der Waals surface area contributed by atoms with Gasteiger partial charge in [0.1, 0.15) is 18.7 Å². The Labute approximate surface area is 239 Å². The van der Waals surface area contributed by atoms with Crippen molar-refractivity contribution in [3.63, 3.8) is 0 Å². The molecule has 11 heteroatoms. The Hall–Kier alpha value is -3.96. The van der Waals surface area contributed by atoms with E-state index in [0.29, 0.717) is 19.3 Å². The van der Waals surface area contributed by atoms with Crippen LogP contribution in [-0.2, 0) is 19.1 Å². The van der Waals surface area contributed by atoms with E-state index in [1.807, 2.05) is 50.2 Å². The van der Waals surface area contributed by atoms with E-state index in [-0.39, 0.29) is 31.4 Å². The lowest BCUT2D eigenvalue weighted by Gasteiger charge is -2.23. The molecule has 0 saturated carbocycles. The Bertz CT molecular complexity index is 1170. The van der Waals surface area contributed by atoms with Crippen LogP contribution >= 0.6 is 0 Å². The zero-order chi connectivity index (χ0) is 29.9. The Morgan fingerprint density at radius 3 is 2.05 bits per heavy atom. The van der Waals surface area contributed by atoms with Crippen LogP contribution in [0.4, 0.5) is 4.79 Å². The minimum atomic E-state index is -1.50. The number of carbonyl (C=O) groups is 4. The van der Waals surface area contributed by atoms with Gasteiger partial charge in [-0.05, 0) is 53.9 Å². The van der Waals surface area contributed by atoms with E-state index < -0.39 is 48.6 Å². The molecule has 0 aromatic heterocycles. The van der Waals surface area contributed by atoms with Crippen molar-refractivity contribution in [1.29, 1.82) is 0 Å². The van der Waals surface area contributed by atoms with Gasteiger partial charge in [0, 0.05) is 12.5 Å². The summed E-state index contributed by atoms with van der Waals surface area (Å²) < 4.78 is 5.53. The maximum Gasteiger partial charge on any atom is 0.407 e. The summed E-state index contributed by atoms with van der Waals surface area (Å²) in [5, 5.41) is 25.9. The largest absolute Gasteiger partial charge is 0.480 e. The summed E-state index contributed by atoms with van der Waals surface area (Å²) in [7, 11) is 0. The van der Waals surface area contributed by atoms with Crippen LogP contribution in [0.25, 0.3) is 11.1 Å². The van der Waals surface area contributed by atoms with Crippen LogP contribution in [-0.4, -0.2) is 72.0 Å². The molecule has 2 aromatic rings. The summed E-state index contributed by atoms with van der Waals surface area (Å²) in [6, 6.07) is 12.8. The van der Waals surface area contributed by atoms with Crippen molar-refractivity contribution in [2.75, 3.05) is 19.8 Å². The molecule has 3 atom stereocenters. The quantitative estimate of drug-likeness (QED) is 0.177. The first-order chi connectivity index (χ1) is 19.6. The van der Waals surface area contributed by atoms with Crippen molar-refractivity contribution >= 4 is 23.9 Å².